The molecule has 0 bridgehead atoms. The average molecular weight is 188 g/mol. The molecule has 0 saturated carbocycles. The molecule has 0 spiro atoms. The normalized spacial score (nSPS) is 14.1. The molecular formula is C10H24N2O. The minimum atomic E-state index is -0.233. The summed E-state index contributed by atoms with van der Waals surface area (Å²) in [6.45, 7) is 9.00. The highest BCUT2D eigenvalue weighted by Gasteiger charge is 2.01. The van der Waals surface area contributed by atoms with E-state index in [9.17, 15) is 0 Å². The van der Waals surface area contributed by atoms with Gasteiger partial charge in [-0.3, -0.25) is 0 Å². The van der Waals surface area contributed by atoms with E-state index in [4.69, 9.17) is 5.11 Å². The van der Waals surface area contributed by atoms with Gasteiger partial charge in [-0.1, -0.05) is 0 Å². The van der Waals surface area contributed by atoms with Crippen molar-refractivity contribution in [3.8, 4) is 0 Å². The van der Waals surface area contributed by atoms with Gasteiger partial charge in [0.2, 0.25) is 0 Å². The lowest BCUT2D eigenvalue weighted by atomic mass is 10.3. The van der Waals surface area contributed by atoms with Gasteiger partial charge in [0.15, 0.2) is 0 Å². The van der Waals surface area contributed by atoms with Gasteiger partial charge in [0.05, 0.1) is 6.10 Å². The first-order chi connectivity index (χ1) is 6.04. The Morgan fingerprint density at radius 1 is 1.31 bits per heavy atom. The molecule has 1 atom stereocenters. The molecule has 3 nitrogen and oxygen atoms in total. The van der Waals surface area contributed by atoms with E-state index in [-0.39, 0.29) is 6.10 Å². The first-order valence-electron chi connectivity index (χ1n) is 5.13. The lowest BCUT2D eigenvalue weighted by Gasteiger charge is -2.20. The Labute approximate surface area is 82.1 Å². The first kappa shape index (κ1) is 12.9. The summed E-state index contributed by atoms with van der Waals surface area (Å²) in [6, 6.07) is 0.622. The first-order valence-corrected chi connectivity index (χ1v) is 5.13. The fraction of sp³-hybridized carbons (Fsp3) is 1.00. The third-order valence-electron chi connectivity index (χ3n) is 2.19. The van der Waals surface area contributed by atoms with Crippen molar-refractivity contribution in [2.75, 3.05) is 26.7 Å². The summed E-state index contributed by atoms with van der Waals surface area (Å²) < 4.78 is 0. The molecule has 3 heteroatoms. The molecule has 0 heterocycles. The van der Waals surface area contributed by atoms with Gasteiger partial charge in [0.1, 0.15) is 0 Å². The van der Waals surface area contributed by atoms with Gasteiger partial charge in [-0.2, -0.15) is 0 Å². The van der Waals surface area contributed by atoms with E-state index in [1.807, 2.05) is 0 Å². The van der Waals surface area contributed by atoms with Crippen molar-refractivity contribution in [3.63, 3.8) is 0 Å². The summed E-state index contributed by atoms with van der Waals surface area (Å²) in [4.78, 5) is 2.32. The summed E-state index contributed by atoms with van der Waals surface area (Å²) in [5, 5.41) is 12.2. The molecule has 0 aromatic heterocycles. The van der Waals surface area contributed by atoms with Crippen LogP contribution in [0.4, 0.5) is 0 Å². The molecule has 0 aliphatic rings. The van der Waals surface area contributed by atoms with E-state index in [0.29, 0.717) is 12.6 Å². The molecule has 80 valence electrons. The van der Waals surface area contributed by atoms with Crippen LogP contribution >= 0.6 is 0 Å². The van der Waals surface area contributed by atoms with Gasteiger partial charge in [0, 0.05) is 12.6 Å². The summed E-state index contributed by atoms with van der Waals surface area (Å²) in [5.41, 5.74) is 0. The van der Waals surface area contributed by atoms with Crippen LogP contribution in [-0.4, -0.2) is 48.8 Å². The molecule has 0 aliphatic carbocycles. The molecule has 2 N–H and O–H groups in total. The standard InChI is InChI=1S/C10H24N2O/c1-9(2)12(4)7-5-6-11-8-10(3)13/h9-11,13H,5-8H2,1-4H3/t10-/m1/s1. The summed E-state index contributed by atoms with van der Waals surface area (Å²) in [6.07, 6.45) is 0.907. The number of aliphatic hydroxyl groups is 1. The van der Waals surface area contributed by atoms with Crippen molar-refractivity contribution in [1.82, 2.24) is 10.2 Å². The maximum atomic E-state index is 8.98. The number of nitrogens with one attached hydrogen (secondary N) is 1. The van der Waals surface area contributed by atoms with E-state index in [2.05, 4.69) is 31.1 Å². The third kappa shape index (κ3) is 8.22. The van der Waals surface area contributed by atoms with Crippen molar-refractivity contribution >= 4 is 0 Å². The minimum absolute atomic E-state index is 0.233. The molecule has 0 aliphatic heterocycles. The van der Waals surface area contributed by atoms with Gasteiger partial charge in [-0.15, -0.1) is 0 Å². The number of aliphatic hydroxyl groups excluding tert-OH is 1. The van der Waals surface area contributed by atoms with Crippen LogP contribution in [0.3, 0.4) is 0 Å². The monoisotopic (exact) mass is 188 g/mol. The molecule has 0 aromatic rings. The lowest BCUT2D eigenvalue weighted by molar-refractivity contribution is 0.190. The molecular weight excluding hydrogens is 164 g/mol. The Kier molecular flexibility index (Phi) is 7.23. The van der Waals surface area contributed by atoms with Crippen molar-refractivity contribution in [2.45, 2.75) is 39.3 Å². The predicted octanol–water partition coefficient (Wildman–Crippen LogP) is 0.687. The highest BCUT2D eigenvalue weighted by Crippen LogP contribution is 1.93. The number of rotatable bonds is 7. The van der Waals surface area contributed by atoms with E-state index in [1.165, 1.54) is 0 Å². The van der Waals surface area contributed by atoms with Crippen LogP contribution < -0.4 is 5.32 Å². The van der Waals surface area contributed by atoms with Gasteiger partial charge >= 0.3 is 0 Å². The maximum absolute atomic E-state index is 8.98. The molecule has 0 aromatic carbocycles. The SMILES string of the molecule is CC(C)N(C)CCCNC[C@@H](C)O. The smallest absolute Gasteiger partial charge is 0.0636 e. The van der Waals surface area contributed by atoms with Crippen molar-refractivity contribution in [2.24, 2.45) is 0 Å². The second-order valence-electron chi connectivity index (χ2n) is 3.98. The second kappa shape index (κ2) is 7.30. The van der Waals surface area contributed by atoms with Crippen LogP contribution in [0.25, 0.3) is 0 Å². The second-order valence-corrected chi connectivity index (χ2v) is 3.98. The van der Waals surface area contributed by atoms with Gasteiger partial charge < -0.3 is 15.3 Å². The third-order valence-corrected chi connectivity index (χ3v) is 2.19. The zero-order valence-corrected chi connectivity index (χ0v) is 9.38. The summed E-state index contributed by atoms with van der Waals surface area (Å²) >= 11 is 0. The Morgan fingerprint density at radius 3 is 2.38 bits per heavy atom. The largest absolute Gasteiger partial charge is 0.392 e. The molecule has 0 radical (unpaired) electrons. The highest BCUT2D eigenvalue weighted by atomic mass is 16.3. The van der Waals surface area contributed by atoms with Crippen molar-refractivity contribution in [3.05, 3.63) is 0 Å². The van der Waals surface area contributed by atoms with Crippen LogP contribution in [0.5, 0.6) is 0 Å². The Hall–Kier alpha value is -0.120. The summed E-state index contributed by atoms with van der Waals surface area (Å²) in [5.74, 6) is 0. The molecule has 13 heavy (non-hydrogen) atoms. The van der Waals surface area contributed by atoms with E-state index in [1.54, 1.807) is 6.92 Å². The Bertz CT molecular complexity index is 115. The van der Waals surface area contributed by atoms with Crippen molar-refractivity contribution in [1.29, 1.82) is 0 Å². The van der Waals surface area contributed by atoms with E-state index < -0.39 is 0 Å². The van der Waals surface area contributed by atoms with E-state index in [0.717, 1.165) is 19.5 Å². The number of hydrogen-bond acceptors (Lipinski definition) is 3. The summed E-state index contributed by atoms with van der Waals surface area (Å²) in [7, 11) is 2.14. The molecule has 0 rings (SSSR count). The van der Waals surface area contributed by atoms with Crippen LogP contribution in [0.2, 0.25) is 0 Å². The van der Waals surface area contributed by atoms with Gasteiger partial charge in [-0.25, -0.2) is 0 Å². The zero-order valence-electron chi connectivity index (χ0n) is 9.38. The number of nitrogens with zero attached hydrogens (tertiary/aromatic N) is 1. The van der Waals surface area contributed by atoms with Crippen LogP contribution in [0.1, 0.15) is 27.2 Å². The molecule has 0 fully saturated rings. The zero-order chi connectivity index (χ0) is 10.3. The van der Waals surface area contributed by atoms with Crippen molar-refractivity contribution < 1.29 is 5.11 Å². The minimum Gasteiger partial charge on any atom is -0.392 e. The fourth-order valence-electron chi connectivity index (χ4n) is 1.02. The van der Waals surface area contributed by atoms with Gasteiger partial charge in [0.25, 0.3) is 0 Å². The Morgan fingerprint density at radius 2 is 1.92 bits per heavy atom. The lowest BCUT2D eigenvalue weighted by Crippen LogP contribution is -2.31. The van der Waals surface area contributed by atoms with Crippen LogP contribution in [-0.2, 0) is 0 Å². The van der Waals surface area contributed by atoms with Crippen LogP contribution in [0.15, 0.2) is 0 Å². The van der Waals surface area contributed by atoms with Gasteiger partial charge in [-0.05, 0) is 47.3 Å². The maximum Gasteiger partial charge on any atom is 0.0636 e. The molecule has 0 saturated heterocycles. The van der Waals surface area contributed by atoms with E-state index >= 15 is 0 Å². The number of hydrogen-bond donors (Lipinski definition) is 2. The molecule has 0 amide bonds. The molecule has 0 unspecified atom stereocenters. The quantitative estimate of drug-likeness (QED) is 0.577. The van der Waals surface area contributed by atoms with Crippen LogP contribution in [0, 0.1) is 0 Å². The predicted molar refractivity (Wildman–Crippen MR) is 56.9 cm³/mol. The highest BCUT2D eigenvalue weighted by molar-refractivity contribution is 4.59. The Balaban J connectivity index is 3.16. The average Bonchev–Trinajstić information content (AvgIpc) is 2.02. The topological polar surface area (TPSA) is 35.5 Å². The fourth-order valence-corrected chi connectivity index (χ4v) is 1.02.